The Balaban J connectivity index is 1.69. The molecule has 3 rings (SSSR count). The summed E-state index contributed by atoms with van der Waals surface area (Å²) in [5.41, 5.74) is 1.63. The fraction of sp³-hybridized carbons (Fsp3) is 0.222. The van der Waals surface area contributed by atoms with Gasteiger partial charge in [-0.3, -0.25) is 19.7 Å². The molecule has 0 aliphatic heterocycles. The van der Waals surface area contributed by atoms with E-state index < -0.39 is 10.8 Å². The first-order chi connectivity index (χ1) is 11.9. The van der Waals surface area contributed by atoms with Gasteiger partial charge in [-0.15, -0.1) is 0 Å². The molecule has 0 radical (unpaired) electrons. The lowest BCUT2D eigenvalue weighted by molar-refractivity contribution is -0.385. The summed E-state index contributed by atoms with van der Waals surface area (Å²) in [5, 5.41) is 16.5. The molecule has 2 amide bonds. The number of amides is 2. The molecule has 7 heteroatoms. The van der Waals surface area contributed by atoms with Crippen LogP contribution >= 0.6 is 0 Å². The molecule has 1 aliphatic rings. The van der Waals surface area contributed by atoms with Gasteiger partial charge in [0.15, 0.2) is 0 Å². The van der Waals surface area contributed by atoms with E-state index in [1.54, 1.807) is 37.3 Å². The number of benzene rings is 2. The molecule has 0 aromatic heterocycles. The number of nitrogens with one attached hydrogen (secondary N) is 2. The molecule has 7 nitrogen and oxygen atoms in total. The monoisotopic (exact) mass is 339 g/mol. The first-order valence-electron chi connectivity index (χ1n) is 7.91. The Morgan fingerprint density at radius 3 is 2.28 bits per heavy atom. The Kier molecular flexibility index (Phi) is 4.47. The van der Waals surface area contributed by atoms with Gasteiger partial charge in [0.05, 0.1) is 4.92 Å². The van der Waals surface area contributed by atoms with E-state index in [1.807, 2.05) is 0 Å². The van der Waals surface area contributed by atoms with Gasteiger partial charge in [0.25, 0.3) is 17.5 Å². The maximum atomic E-state index is 12.3. The van der Waals surface area contributed by atoms with Crippen LogP contribution in [0.4, 0.5) is 11.4 Å². The van der Waals surface area contributed by atoms with E-state index in [0.29, 0.717) is 16.8 Å². The molecule has 2 aromatic carbocycles. The molecule has 2 N–H and O–H groups in total. The molecular weight excluding hydrogens is 322 g/mol. The minimum absolute atomic E-state index is 0.0975. The second kappa shape index (κ2) is 6.72. The predicted octanol–water partition coefficient (Wildman–Crippen LogP) is 3.05. The summed E-state index contributed by atoms with van der Waals surface area (Å²) in [7, 11) is 0. The SMILES string of the molecule is Cc1ccc(C(=O)Nc2ccc(C(=O)NC3CC3)cc2)cc1[N+](=O)[O-]. The third kappa shape index (κ3) is 4.00. The highest BCUT2D eigenvalue weighted by Crippen LogP contribution is 2.21. The summed E-state index contributed by atoms with van der Waals surface area (Å²) in [5.74, 6) is -0.576. The molecule has 1 saturated carbocycles. The van der Waals surface area contributed by atoms with E-state index >= 15 is 0 Å². The van der Waals surface area contributed by atoms with E-state index in [0.717, 1.165) is 12.8 Å². The van der Waals surface area contributed by atoms with Crippen LogP contribution in [0.1, 0.15) is 39.1 Å². The maximum absolute atomic E-state index is 12.3. The van der Waals surface area contributed by atoms with Crippen LogP contribution < -0.4 is 10.6 Å². The van der Waals surface area contributed by atoms with Gasteiger partial charge in [0, 0.05) is 34.5 Å². The molecule has 0 saturated heterocycles. The molecule has 0 bridgehead atoms. The smallest absolute Gasteiger partial charge is 0.273 e. The van der Waals surface area contributed by atoms with Crippen molar-refractivity contribution in [3.05, 3.63) is 69.3 Å². The second-order valence-corrected chi connectivity index (χ2v) is 6.04. The maximum Gasteiger partial charge on any atom is 0.273 e. The van der Waals surface area contributed by atoms with Crippen LogP contribution in [0.5, 0.6) is 0 Å². The van der Waals surface area contributed by atoms with E-state index in [1.165, 1.54) is 12.1 Å². The molecule has 1 fully saturated rings. The summed E-state index contributed by atoms with van der Waals surface area (Å²) >= 11 is 0. The van der Waals surface area contributed by atoms with E-state index in [9.17, 15) is 19.7 Å². The van der Waals surface area contributed by atoms with Crippen LogP contribution in [0.2, 0.25) is 0 Å². The first kappa shape index (κ1) is 16.6. The van der Waals surface area contributed by atoms with Gasteiger partial charge in [-0.2, -0.15) is 0 Å². The van der Waals surface area contributed by atoms with Crippen molar-refractivity contribution in [3.8, 4) is 0 Å². The van der Waals surface area contributed by atoms with Crippen molar-refractivity contribution in [2.75, 3.05) is 5.32 Å². The summed E-state index contributed by atoms with van der Waals surface area (Å²) in [6.45, 7) is 1.62. The molecule has 0 spiro atoms. The Morgan fingerprint density at radius 1 is 1.04 bits per heavy atom. The Morgan fingerprint density at radius 2 is 1.68 bits per heavy atom. The van der Waals surface area contributed by atoms with Crippen molar-refractivity contribution in [1.82, 2.24) is 5.32 Å². The third-order valence-electron chi connectivity index (χ3n) is 3.99. The number of aryl methyl sites for hydroxylation is 1. The zero-order valence-corrected chi connectivity index (χ0v) is 13.6. The number of nitro groups is 1. The van der Waals surface area contributed by atoms with Gasteiger partial charge in [-0.1, -0.05) is 6.07 Å². The lowest BCUT2D eigenvalue weighted by atomic mass is 10.1. The number of hydrogen-bond acceptors (Lipinski definition) is 4. The number of carbonyl (C=O) groups excluding carboxylic acids is 2. The molecule has 0 atom stereocenters. The van der Waals surface area contributed by atoms with E-state index in [-0.39, 0.29) is 23.2 Å². The van der Waals surface area contributed by atoms with Gasteiger partial charge in [-0.25, -0.2) is 0 Å². The number of rotatable bonds is 5. The molecule has 25 heavy (non-hydrogen) atoms. The molecule has 0 heterocycles. The van der Waals surface area contributed by atoms with Crippen LogP contribution in [0, 0.1) is 17.0 Å². The highest BCUT2D eigenvalue weighted by Gasteiger charge is 2.23. The number of hydrogen-bond donors (Lipinski definition) is 2. The lowest BCUT2D eigenvalue weighted by Crippen LogP contribution is -2.25. The van der Waals surface area contributed by atoms with Crippen LogP contribution in [0.15, 0.2) is 42.5 Å². The first-order valence-corrected chi connectivity index (χ1v) is 7.91. The second-order valence-electron chi connectivity index (χ2n) is 6.04. The van der Waals surface area contributed by atoms with Crippen molar-refractivity contribution >= 4 is 23.2 Å². The van der Waals surface area contributed by atoms with Crippen LogP contribution in [-0.4, -0.2) is 22.8 Å². The third-order valence-corrected chi connectivity index (χ3v) is 3.99. The summed E-state index contributed by atoms with van der Waals surface area (Å²) in [6, 6.07) is 11.1. The van der Waals surface area contributed by atoms with Gasteiger partial charge in [0.2, 0.25) is 0 Å². The number of carbonyl (C=O) groups is 2. The fourth-order valence-corrected chi connectivity index (χ4v) is 2.35. The van der Waals surface area contributed by atoms with E-state index in [4.69, 9.17) is 0 Å². The van der Waals surface area contributed by atoms with Crippen molar-refractivity contribution in [3.63, 3.8) is 0 Å². The van der Waals surface area contributed by atoms with Crippen molar-refractivity contribution in [2.45, 2.75) is 25.8 Å². The number of anilines is 1. The zero-order valence-electron chi connectivity index (χ0n) is 13.6. The lowest BCUT2D eigenvalue weighted by Gasteiger charge is -2.08. The summed E-state index contributed by atoms with van der Waals surface area (Å²) in [4.78, 5) is 34.6. The topological polar surface area (TPSA) is 101 Å². The minimum atomic E-state index is -0.514. The normalized spacial score (nSPS) is 13.2. The van der Waals surface area contributed by atoms with Gasteiger partial charge in [0.1, 0.15) is 0 Å². The zero-order chi connectivity index (χ0) is 18.0. The summed E-state index contributed by atoms with van der Waals surface area (Å²) < 4.78 is 0. The molecule has 1 aliphatic carbocycles. The Labute approximate surface area is 144 Å². The predicted molar refractivity (Wildman–Crippen MR) is 92.7 cm³/mol. The quantitative estimate of drug-likeness (QED) is 0.645. The number of nitro benzene ring substituents is 1. The molecule has 2 aromatic rings. The molecule has 0 unspecified atom stereocenters. The van der Waals surface area contributed by atoms with Gasteiger partial charge < -0.3 is 10.6 Å². The van der Waals surface area contributed by atoms with Crippen molar-refractivity contribution in [2.24, 2.45) is 0 Å². The number of nitrogens with zero attached hydrogens (tertiary/aromatic N) is 1. The molecular formula is C18H17N3O4. The van der Waals surface area contributed by atoms with Crippen LogP contribution in [0.25, 0.3) is 0 Å². The largest absolute Gasteiger partial charge is 0.349 e. The average molecular weight is 339 g/mol. The molecule has 128 valence electrons. The summed E-state index contributed by atoms with van der Waals surface area (Å²) in [6.07, 6.45) is 2.03. The van der Waals surface area contributed by atoms with Crippen LogP contribution in [0.3, 0.4) is 0 Å². The van der Waals surface area contributed by atoms with Crippen molar-refractivity contribution < 1.29 is 14.5 Å². The van der Waals surface area contributed by atoms with Crippen molar-refractivity contribution in [1.29, 1.82) is 0 Å². The Hall–Kier alpha value is -3.22. The average Bonchev–Trinajstić information content (AvgIpc) is 3.39. The van der Waals surface area contributed by atoms with Gasteiger partial charge in [-0.05, 0) is 50.1 Å². The highest BCUT2D eigenvalue weighted by atomic mass is 16.6. The van der Waals surface area contributed by atoms with Crippen LogP contribution in [-0.2, 0) is 0 Å². The standard InChI is InChI=1S/C18H17N3O4/c1-11-2-3-13(10-16(11)21(24)25)18(23)20-14-6-4-12(5-7-14)17(22)19-15-8-9-15/h2-7,10,15H,8-9H2,1H3,(H,19,22)(H,20,23). The minimum Gasteiger partial charge on any atom is -0.349 e. The van der Waals surface area contributed by atoms with E-state index in [2.05, 4.69) is 10.6 Å². The van der Waals surface area contributed by atoms with Gasteiger partial charge >= 0.3 is 0 Å². The fourth-order valence-electron chi connectivity index (χ4n) is 2.35. The Bertz CT molecular complexity index is 842. The highest BCUT2D eigenvalue weighted by molar-refractivity contribution is 6.05.